The summed E-state index contributed by atoms with van der Waals surface area (Å²) in [7, 11) is 1.72. The van der Waals surface area contributed by atoms with Crippen LogP contribution in [0.2, 0.25) is 0 Å². The summed E-state index contributed by atoms with van der Waals surface area (Å²) in [5.74, 6) is -0.600. The molecule has 1 aromatic carbocycles. The van der Waals surface area contributed by atoms with E-state index in [9.17, 15) is 9.59 Å². The van der Waals surface area contributed by atoms with E-state index in [-0.39, 0.29) is 23.9 Å². The monoisotopic (exact) mass is 294 g/mol. The molecule has 0 atom stereocenters. The number of nitrogens with zero attached hydrogens (tertiary/aromatic N) is 1. The lowest BCUT2D eigenvalue weighted by Gasteiger charge is -2.14. The molecular formula is C13H18N4O2S. The predicted octanol–water partition coefficient (Wildman–Crippen LogP) is 0.0665. The summed E-state index contributed by atoms with van der Waals surface area (Å²) >= 11 is 4.92. The van der Waals surface area contributed by atoms with Crippen molar-refractivity contribution < 1.29 is 9.59 Å². The summed E-state index contributed by atoms with van der Waals surface area (Å²) in [6, 6.07) is 7.07. The maximum Gasteiger partial charge on any atom is 0.231 e. The van der Waals surface area contributed by atoms with Crippen molar-refractivity contribution in [2.45, 2.75) is 6.42 Å². The number of thiocarbonyl (C=S) groups is 1. The van der Waals surface area contributed by atoms with E-state index in [1.165, 1.54) is 0 Å². The second kappa shape index (κ2) is 7.56. The number of carbonyl (C=O) groups excluding carboxylic acids is 2. The number of amides is 2. The van der Waals surface area contributed by atoms with Gasteiger partial charge in [-0.3, -0.25) is 14.5 Å². The van der Waals surface area contributed by atoms with E-state index in [1.54, 1.807) is 36.2 Å². The zero-order valence-electron chi connectivity index (χ0n) is 11.3. The van der Waals surface area contributed by atoms with Crippen LogP contribution >= 0.6 is 12.2 Å². The maximum atomic E-state index is 11.8. The Hall–Kier alpha value is -1.99. The Labute approximate surface area is 123 Å². The Morgan fingerprint density at radius 1 is 1.30 bits per heavy atom. The molecule has 7 heteroatoms. The number of hydrogen-bond acceptors (Lipinski definition) is 4. The van der Waals surface area contributed by atoms with E-state index in [4.69, 9.17) is 23.7 Å². The number of rotatable bonds is 7. The van der Waals surface area contributed by atoms with Crippen molar-refractivity contribution in [1.82, 2.24) is 4.90 Å². The van der Waals surface area contributed by atoms with Gasteiger partial charge in [0.2, 0.25) is 11.8 Å². The van der Waals surface area contributed by atoms with Crippen LogP contribution in [0.4, 0.5) is 5.69 Å². The SMILES string of the molecule is CN(CCC(=O)Nc1ccccc1C(N)=S)CC(N)=O. The van der Waals surface area contributed by atoms with Crippen LogP contribution in [0.1, 0.15) is 12.0 Å². The number of likely N-dealkylation sites (N-methyl/N-ethyl adjacent to an activating group) is 1. The van der Waals surface area contributed by atoms with E-state index in [2.05, 4.69) is 5.32 Å². The Balaban J connectivity index is 2.55. The van der Waals surface area contributed by atoms with Gasteiger partial charge in [-0.05, 0) is 19.2 Å². The lowest BCUT2D eigenvalue weighted by Crippen LogP contribution is -2.33. The number of hydrogen-bond donors (Lipinski definition) is 3. The van der Waals surface area contributed by atoms with Crippen LogP contribution in [-0.4, -0.2) is 41.8 Å². The fraction of sp³-hybridized carbons (Fsp3) is 0.308. The molecule has 20 heavy (non-hydrogen) atoms. The van der Waals surface area contributed by atoms with E-state index < -0.39 is 5.91 Å². The molecule has 0 saturated carbocycles. The van der Waals surface area contributed by atoms with Crippen LogP contribution in [0, 0.1) is 0 Å². The van der Waals surface area contributed by atoms with E-state index in [0.717, 1.165) is 0 Å². The first-order valence-electron chi connectivity index (χ1n) is 6.05. The lowest BCUT2D eigenvalue weighted by molar-refractivity contribution is -0.120. The maximum absolute atomic E-state index is 11.8. The third-order valence-corrected chi connectivity index (χ3v) is 2.83. The molecule has 108 valence electrons. The van der Waals surface area contributed by atoms with Crippen molar-refractivity contribution >= 4 is 34.7 Å². The van der Waals surface area contributed by atoms with Crippen LogP contribution in [-0.2, 0) is 9.59 Å². The second-order valence-corrected chi connectivity index (χ2v) is 4.85. The third-order valence-electron chi connectivity index (χ3n) is 2.61. The highest BCUT2D eigenvalue weighted by Crippen LogP contribution is 2.14. The molecule has 0 aromatic heterocycles. The first kappa shape index (κ1) is 16.1. The molecule has 1 aromatic rings. The molecule has 0 aliphatic carbocycles. The summed E-state index contributed by atoms with van der Waals surface area (Å²) in [4.78, 5) is 24.5. The normalized spacial score (nSPS) is 10.3. The fourth-order valence-electron chi connectivity index (χ4n) is 1.66. The van der Waals surface area contributed by atoms with Gasteiger partial charge in [0.1, 0.15) is 4.99 Å². The van der Waals surface area contributed by atoms with Gasteiger partial charge in [-0.25, -0.2) is 0 Å². The molecular weight excluding hydrogens is 276 g/mol. The van der Waals surface area contributed by atoms with Gasteiger partial charge in [0.15, 0.2) is 0 Å². The van der Waals surface area contributed by atoms with Gasteiger partial charge in [0, 0.05) is 18.5 Å². The number of para-hydroxylation sites is 1. The number of carbonyl (C=O) groups is 2. The third kappa shape index (κ3) is 5.33. The zero-order valence-corrected chi connectivity index (χ0v) is 12.1. The number of nitrogens with one attached hydrogen (secondary N) is 1. The Bertz CT molecular complexity index is 519. The molecule has 1 rings (SSSR count). The van der Waals surface area contributed by atoms with Crippen LogP contribution in [0.5, 0.6) is 0 Å². The average molecular weight is 294 g/mol. The van der Waals surface area contributed by atoms with Gasteiger partial charge >= 0.3 is 0 Å². The summed E-state index contributed by atoms with van der Waals surface area (Å²) in [6.45, 7) is 0.556. The van der Waals surface area contributed by atoms with E-state index in [1.807, 2.05) is 0 Å². The van der Waals surface area contributed by atoms with Gasteiger partial charge in [-0.2, -0.15) is 0 Å². The summed E-state index contributed by atoms with van der Waals surface area (Å²) < 4.78 is 0. The zero-order chi connectivity index (χ0) is 15.1. The molecule has 0 unspecified atom stereocenters. The molecule has 0 fully saturated rings. The van der Waals surface area contributed by atoms with Gasteiger partial charge < -0.3 is 16.8 Å². The topological polar surface area (TPSA) is 101 Å². The standard InChI is InChI=1S/C13H18N4O2S/c1-17(8-11(14)18)7-6-12(19)16-10-5-3-2-4-9(10)13(15)20/h2-5H,6-8H2,1H3,(H2,14,18)(H2,15,20)(H,16,19). The molecule has 0 radical (unpaired) electrons. The van der Waals surface area contributed by atoms with Crippen LogP contribution in [0.3, 0.4) is 0 Å². The fourth-order valence-corrected chi connectivity index (χ4v) is 1.84. The highest BCUT2D eigenvalue weighted by atomic mass is 32.1. The minimum atomic E-state index is -0.424. The largest absolute Gasteiger partial charge is 0.389 e. The average Bonchev–Trinajstić information content (AvgIpc) is 2.36. The summed E-state index contributed by atoms with van der Waals surface area (Å²) in [6.07, 6.45) is 0.245. The molecule has 0 heterocycles. The lowest BCUT2D eigenvalue weighted by atomic mass is 10.1. The van der Waals surface area contributed by atoms with Crippen molar-refractivity contribution in [2.75, 3.05) is 25.5 Å². The Morgan fingerprint density at radius 3 is 2.55 bits per heavy atom. The minimum Gasteiger partial charge on any atom is -0.389 e. The van der Waals surface area contributed by atoms with Crippen molar-refractivity contribution in [3.63, 3.8) is 0 Å². The van der Waals surface area contributed by atoms with Crippen molar-refractivity contribution in [1.29, 1.82) is 0 Å². The van der Waals surface area contributed by atoms with Crippen LogP contribution < -0.4 is 16.8 Å². The number of nitrogens with two attached hydrogens (primary N) is 2. The van der Waals surface area contributed by atoms with E-state index >= 15 is 0 Å². The van der Waals surface area contributed by atoms with Crippen LogP contribution in [0.15, 0.2) is 24.3 Å². The van der Waals surface area contributed by atoms with Gasteiger partial charge in [0.05, 0.1) is 12.2 Å². The van der Waals surface area contributed by atoms with Gasteiger partial charge in [0.25, 0.3) is 0 Å². The second-order valence-electron chi connectivity index (χ2n) is 4.41. The molecule has 0 aliphatic rings. The molecule has 5 N–H and O–H groups in total. The molecule has 0 bridgehead atoms. The highest BCUT2D eigenvalue weighted by Gasteiger charge is 2.10. The predicted molar refractivity (Wildman–Crippen MR) is 82.3 cm³/mol. The van der Waals surface area contributed by atoms with Gasteiger partial charge in [-0.15, -0.1) is 0 Å². The van der Waals surface area contributed by atoms with E-state index in [0.29, 0.717) is 17.8 Å². The highest BCUT2D eigenvalue weighted by molar-refractivity contribution is 7.80. The van der Waals surface area contributed by atoms with Gasteiger partial charge in [-0.1, -0.05) is 24.4 Å². The molecule has 0 aliphatic heterocycles. The number of primary amides is 1. The molecule has 6 nitrogen and oxygen atoms in total. The first-order chi connectivity index (χ1) is 9.40. The molecule has 2 amide bonds. The smallest absolute Gasteiger partial charge is 0.231 e. The Morgan fingerprint density at radius 2 is 1.95 bits per heavy atom. The number of anilines is 1. The van der Waals surface area contributed by atoms with Crippen molar-refractivity contribution in [3.05, 3.63) is 29.8 Å². The van der Waals surface area contributed by atoms with Crippen LogP contribution in [0.25, 0.3) is 0 Å². The molecule has 0 saturated heterocycles. The summed E-state index contributed by atoms with van der Waals surface area (Å²) in [5.41, 5.74) is 11.9. The molecule has 0 spiro atoms. The minimum absolute atomic E-state index is 0.122. The van der Waals surface area contributed by atoms with Crippen molar-refractivity contribution in [3.8, 4) is 0 Å². The first-order valence-corrected chi connectivity index (χ1v) is 6.46. The quantitative estimate of drug-likeness (QED) is 0.618. The Kier molecular flexibility index (Phi) is 6.08. The summed E-state index contributed by atoms with van der Waals surface area (Å²) in [5, 5.41) is 2.75. The van der Waals surface area contributed by atoms with Crippen molar-refractivity contribution in [2.24, 2.45) is 11.5 Å². The number of benzene rings is 1.